The lowest BCUT2D eigenvalue weighted by atomic mass is 10.0. The van der Waals surface area contributed by atoms with E-state index in [0.717, 1.165) is 16.5 Å². The van der Waals surface area contributed by atoms with E-state index in [-0.39, 0.29) is 31.0 Å². The molecule has 0 saturated heterocycles. The van der Waals surface area contributed by atoms with Gasteiger partial charge in [0, 0.05) is 17.6 Å². The first-order chi connectivity index (χ1) is 15.1. The van der Waals surface area contributed by atoms with E-state index < -0.39 is 6.04 Å². The highest BCUT2D eigenvalue weighted by Crippen LogP contribution is 2.29. The Morgan fingerprint density at radius 1 is 1.09 bits per heavy atom. The van der Waals surface area contributed by atoms with Crippen molar-refractivity contribution in [2.75, 3.05) is 6.61 Å². The number of hydrogen-bond acceptors (Lipinski definition) is 3. The summed E-state index contributed by atoms with van der Waals surface area (Å²) in [7, 11) is 0. The Bertz CT molecular complexity index is 918. The van der Waals surface area contributed by atoms with Crippen molar-refractivity contribution in [2.45, 2.75) is 65.6 Å². The van der Waals surface area contributed by atoms with Gasteiger partial charge in [0.15, 0.2) is 6.61 Å². The summed E-state index contributed by atoms with van der Waals surface area (Å²) in [5, 5.41) is 3.57. The molecule has 0 radical (unpaired) electrons. The first kappa shape index (κ1) is 26.2. The van der Waals surface area contributed by atoms with Crippen molar-refractivity contribution in [2.24, 2.45) is 0 Å². The van der Waals surface area contributed by atoms with Gasteiger partial charge in [-0.3, -0.25) is 9.59 Å². The van der Waals surface area contributed by atoms with Crippen molar-refractivity contribution in [3.8, 4) is 5.75 Å². The summed E-state index contributed by atoms with van der Waals surface area (Å²) in [5.74, 6) is 0.517. The Morgan fingerprint density at radius 3 is 2.31 bits per heavy atom. The zero-order valence-corrected chi connectivity index (χ0v) is 21.7. The van der Waals surface area contributed by atoms with E-state index >= 15 is 0 Å². The van der Waals surface area contributed by atoms with Crippen LogP contribution in [0.4, 0.5) is 0 Å². The molecule has 0 aliphatic carbocycles. The Hall–Kier alpha value is -2.05. The van der Waals surface area contributed by atoms with Crippen LogP contribution in [0, 0.1) is 0 Å². The van der Waals surface area contributed by atoms with Crippen LogP contribution in [0.3, 0.4) is 0 Å². The Labute approximate surface area is 204 Å². The molecule has 2 amide bonds. The van der Waals surface area contributed by atoms with Crippen molar-refractivity contribution in [3.05, 3.63) is 63.1 Å². The number of amides is 2. The van der Waals surface area contributed by atoms with Gasteiger partial charge in [0.25, 0.3) is 5.91 Å². The topological polar surface area (TPSA) is 58.6 Å². The molecule has 0 spiro atoms. The lowest BCUT2D eigenvalue weighted by molar-refractivity contribution is -0.142. The van der Waals surface area contributed by atoms with Crippen LogP contribution >= 0.6 is 27.5 Å². The fourth-order valence-corrected chi connectivity index (χ4v) is 3.69. The van der Waals surface area contributed by atoms with Gasteiger partial charge in [-0.2, -0.15) is 0 Å². The van der Waals surface area contributed by atoms with Crippen LogP contribution in [0.2, 0.25) is 5.02 Å². The molecule has 2 unspecified atom stereocenters. The highest BCUT2D eigenvalue weighted by Gasteiger charge is 2.27. The molecule has 0 aliphatic rings. The summed E-state index contributed by atoms with van der Waals surface area (Å²) in [6.45, 7) is 10.0. The maximum atomic E-state index is 13.2. The normalized spacial score (nSPS) is 12.9. The van der Waals surface area contributed by atoms with E-state index in [0.29, 0.717) is 16.7 Å². The minimum Gasteiger partial charge on any atom is -0.483 e. The SMILES string of the molecule is CCC(C)NC(=O)C(C)N(Cc1ccc(Cl)cc1)C(=O)COc1ccc(C(C)C)cc1Br. The molecule has 1 N–H and O–H groups in total. The molecule has 32 heavy (non-hydrogen) atoms. The highest BCUT2D eigenvalue weighted by molar-refractivity contribution is 9.10. The van der Waals surface area contributed by atoms with Crippen LogP contribution in [0.15, 0.2) is 46.9 Å². The quantitative estimate of drug-likeness (QED) is 0.419. The summed E-state index contributed by atoms with van der Waals surface area (Å²) in [6, 6.07) is 12.5. The molecule has 0 bridgehead atoms. The van der Waals surface area contributed by atoms with Crippen LogP contribution in [0.5, 0.6) is 5.75 Å². The van der Waals surface area contributed by atoms with Crippen LogP contribution in [-0.2, 0) is 16.1 Å². The van der Waals surface area contributed by atoms with Gasteiger partial charge < -0.3 is 15.0 Å². The van der Waals surface area contributed by atoms with Gasteiger partial charge in [-0.1, -0.05) is 50.6 Å². The molecule has 0 fully saturated rings. The molecule has 2 aromatic rings. The van der Waals surface area contributed by atoms with Gasteiger partial charge in [-0.25, -0.2) is 0 Å². The summed E-state index contributed by atoms with van der Waals surface area (Å²) < 4.78 is 6.61. The molecular weight excluding hydrogens is 492 g/mol. The lowest BCUT2D eigenvalue weighted by Crippen LogP contribution is -2.50. The molecular formula is C25H32BrClN2O3. The Balaban J connectivity index is 2.17. The van der Waals surface area contributed by atoms with Gasteiger partial charge in [0.2, 0.25) is 5.91 Å². The smallest absolute Gasteiger partial charge is 0.261 e. The fraction of sp³-hybridized carbons (Fsp3) is 0.440. The standard InChI is InChI=1S/C25H32BrClN2O3/c1-6-17(4)28-25(31)18(5)29(14-19-7-10-21(27)11-8-19)24(30)15-32-23-12-9-20(16(2)3)13-22(23)26/h7-13,16-18H,6,14-15H2,1-5H3,(H,28,31). The van der Waals surface area contributed by atoms with Crippen LogP contribution in [0.25, 0.3) is 0 Å². The second-order valence-corrected chi connectivity index (χ2v) is 9.57. The molecule has 0 heterocycles. The number of nitrogens with zero attached hydrogens (tertiary/aromatic N) is 1. The van der Waals surface area contributed by atoms with E-state index in [1.165, 1.54) is 10.5 Å². The Kier molecular flexibility index (Phi) is 10.0. The molecule has 174 valence electrons. The van der Waals surface area contributed by atoms with E-state index in [4.69, 9.17) is 16.3 Å². The third-order valence-corrected chi connectivity index (χ3v) is 6.28. The minimum atomic E-state index is -0.650. The molecule has 7 heteroatoms. The third kappa shape index (κ3) is 7.52. The molecule has 0 aliphatic heterocycles. The fourth-order valence-electron chi connectivity index (χ4n) is 3.05. The van der Waals surface area contributed by atoms with E-state index in [9.17, 15) is 9.59 Å². The van der Waals surface area contributed by atoms with Gasteiger partial charge in [0.05, 0.1) is 4.47 Å². The monoisotopic (exact) mass is 522 g/mol. The van der Waals surface area contributed by atoms with E-state index in [1.807, 2.05) is 44.2 Å². The maximum Gasteiger partial charge on any atom is 0.261 e. The lowest BCUT2D eigenvalue weighted by Gasteiger charge is -2.29. The van der Waals surface area contributed by atoms with Crippen LogP contribution in [0.1, 0.15) is 58.1 Å². The predicted molar refractivity (Wildman–Crippen MR) is 133 cm³/mol. The van der Waals surface area contributed by atoms with Crippen molar-refractivity contribution in [1.82, 2.24) is 10.2 Å². The second-order valence-electron chi connectivity index (χ2n) is 8.28. The van der Waals surface area contributed by atoms with Crippen molar-refractivity contribution in [1.29, 1.82) is 0 Å². The number of halogens is 2. The molecule has 5 nitrogen and oxygen atoms in total. The Morgan fingerprint density at radius 2 is 1.75 bits per heavy atom. The summed E-state index contributed by atoms with van der Waals surface area (Å²) >= 11 is 9.51. The molecule has 0 aromatic heterocycles. The molecule has 2 rings (SSSR count). The molecule has 0 saturated carbocycles. The number of hydrogen-bond donors (Lipinski definition) is 1. The molecule has 2 aromatic carbocycles. The number of carbonyl (C=O) groups is 2. The summed E-state index contributed by atoms with van der Waals surface area (Å²) in [5.41, 5.74) is 2.06. The number of rotatable bonds is 10. The van der Waals surface area contributed by atoms with Gasteiger partial charge >= 0.3 is 0 Å². The first-order valence-corrected chi connectivity index (χ1v) is 12.1. The van der Waals surface area contributed by atoms with E-state index in [2.05, 4.69) is 35.1 Å². The van der Waals surface area contributed by atoms with Gasteiger partial charge in [-0.15, -0.1) is 0 Å². The van der Waals surface area contributed by atoms with Crippen LogP contribution in [-0.4, -0.2) is 35.4 Å². The molecule has 2 atom stereocenters. The number of nitrogens with one attached hydrogen (secondary N) is 1. The first-order valence-electron chi connectivity index (χ1n) is 10.9. The number of carbonyl (C=O) groups excluding carboxylic acids is 2. The minimum absolute atomic E-state index is 0.0316. The highest BCUT2D eigenvalue weighted by atomic mass is 79.9. The predicted octanol–water partition coefficient (Wildman–Crippen LogP) is 5.94. The third-order valence-electron chi connectivity index (χ3n) is 5.41. The number of benzene rings is 2. The average molecular weight is 524 g/mol. The average Bonchev–Trinajstić information content (AvgIpc) is 2.76. The number of ether oxygens (including phenoxy) is 1. The van der Waals surface area contributed by atoms with Crippen LogP contribution < -0.4 is 10.1 Å². The zero-order valence-electron chi connectivity index (χ0n) is 19.3. The van der Waals surface area contributed by atoms with Crippen molar-refractivity contribution < 1.29 is 14.3 Å². The maximum absolute atomic E-state index is 13.2. The van der Waals surface area contributed by atoms with Crippen molar-refractivity contribution >= 4 is 39.3 Å². The summed E-state index contributed by atoms with van der Waals surface area (Å²) in [4.78, 5) is 27.5. The zero-order chi connectivity index (χ0) is 23.8. The summed E-state index contributed by atoms with van der Waals surface area (Å²) in [6.07, 6.45) is 0.813. The van der Waals surface area contributed by atoms with Crippen molar-refractivity contribution in [3.63, 3.8) is 0 Å². The second kappa shape index (κ2) is 12.3. The van der Waals surface area contributed by atoms with Gasteiger partial charge in [0.1, 0.15) is 11.8 Å². The van der Waals surface area contributed by atoms with Gasteiger partial charge in [-0.05, 0) is 77.5 Å². The van der Waals surface area contributed by atoms with E-state index in [1.54, 1.807) is 19.1 Å². The largest absolute Gasteiger partial charge is 0.483 e.